The molecule has 1 atom stereocenters. The average molecular weight is 507 g/mol. The van der Waals surface area contributed by atoms with E-state index < -0.39 is 68.2 Å². The summed E-state index contributed by atoms with van der Waals surface area (Å²) in [7, 11) is -3.45. The Hall–Kier alpha value is -2.77. The summed E-state index contributed by atoms with van der Waals surface area (Å²) in [5.74, 6) is -4.72. The molecule has 0 saturated heterocycles. The van der Waals surface area contributed by atoms with Crippen LogP contribution in [0.15, 0.2) is 28.3 Å². The Morgan fingerprint density at radius 3 is 2.47 bits per heavy atom. The van der Waals surface area contributed by atoms with Gasteiger partial charge in [0.2, 0.25) is 5.92 Å². The van der Waals surface area contributed by atoms with Gasteiger partial charge in [0.25, 0.3) is 5.91 Å². The molecule has 1 unspecified atom stereocenters. The standard InChI is InChI=1S/C20H22F5N5O3S/c1-18(8-19(21,22)9-18)10-29-16(14(20(23,24)25)15(28-29)11-3-4-11)17(31)27-12-5-6-30(32)13(7-12)34(2,26)33/h5-7,11,26,32H,3-4,8-10H2,1-2H3. The molecule has 14 heteroatoms. The first kappa shape index (κ1) is 24.4. The number of nitrogens with one attached hydrogen (secondary N) is 1. The molecule has 2 saturated carbocycles. The minimum Gasteiger partial charge on any atom is -0.428 e. The molecule has 2 fully saturated rings. The van der Waals surface area contributed by atoms with Crippen LogP contribution in [-0.4, -0.2) is 42.0 Å². The van der Waals surface area contributed by atoms with Crippen LogP contribution >= 0.6 is 0 Å². The molecule has 2 aromatic heterocycles. The van der Waals surface area contributed by atoms with Gasteiger partial charge in [-0.25, -0.2) is 22.8 Å². The summed E-state index contributed by atoms with van der Waals surface area (Å²) in [6.45, 7) is 1.18. The second-order valence-electron chi connectivity index (χ2n) is 9.39. The fraction of sp³-hybridized carbons (Fsp3) is 0.550. The highest BCUT2D eigenvalue weighted by Crippen LogP contribution is 2.53. The number of halogens is 5. The largest absolute Gasteiger partial charge is 0.428 e. The van der Waals surface area contributed by atoms with E-state index in [1.807, 2.05) is 0 Å². The van der Waals surface area contributed by atoms with Crippen molar-refractivity contribution in [2.24, 2.45) is 10.4 Å². The number of rotatable bonds is 5. The van der Waals surface area contributed by atoms with Gasteiger partial charge in [0.1, 0.15) is 11.3 Å². The first-order valence-corrected chi connectivity index (χ1v) is 12.3. The SMILES string of the molecule is CC1(Cn2nc(C3CC3)c(C(F)(F)F)c2C(=O)N=c2ccn(O)c(S(C)(=N)=O)c2)CC(F)(F)C1. The third-order valence-corrected chi connectivity index (χ3v) is 6.95. The third kappa shape index (κ3) is 4.72. The lowest BCUT2D eigenvalue weighted by Crippen LogP contribution is -2.47. The summed E-state index contributed by atoms with van der Waals surface area (Å²) < 4.78 is 90.1. The van der Waals surface area contributed by atoms with Crippen LogP contribution in [-0.2, 0) is 22.5 Å². The lowest BCUT2D eigenvalue weighted by atomic mass is 9.67. The number of hydrogen-bond donors (Lipinski definition) is 2. The van der Waals surface area contributed by atoms with Gasteiger partial charge in [-0.1, -0.05) is 6.92 Å². The Morgan fingerprint density at radius 1 is 1.35 bits per heavy atom. The van der Waals surface area contributed by atoms with Crippen LogP contribution in [0, 0.1) is 10.2 Å². The Balaban J connectivity index is 1.84. The molecule has 0 radical (unpaired) electrons. The average Bonchev–Trinajstić information content (AvgIpc) is 3.41. The lowest BCUT2D eigenvalue weighted by molar-refractivity contribution is -0.160. The minimum absolute atomic E-state index is 0.234. The summed E-state index contributed by atoms with van der Waals surface area (Å²) in [6.07, 6.45) is -3.13. The van der Waals surface area contributed by atoms with Crippen LogP contribution in [0.4, 0.5) is 22.0 Å². The summed E-state index contributed by atoms with van der Waals surface area (Å²) >= 11 is 0. The highest BCUT2D eigenvalue weighted by atomic mass is 32.2. The van der Waals surface area contributed by atoms with Gasteiger partial charge in [-0.2, -0.15) is 23.0 Å². The van der Waals surface area contributed by atoms with Crippen molar-refractivity contribution < 1.29 is 36.2 Å². The van der Waals surface area contributed by atoms with Gasteiger partial charge in [-0.15, -0.1) is 0 Å². The number of pyridine rings is 1. The first-order valence-electron chi connectivity index (χ1n) is 10.3. The molecule has 0 bridgehead atoms. The maximum Gasteiger partial charge on any atom is 0.420 e. The number of alkyl halides is 5. The molecule has 8 nitrogen and oxygen atoms in total. The summed E-state index contributed by atoms with van der Waals surface area (Å²) in [6, 6.07) is 2.05. The second kappa shape index (κ2) is 7.62. The monoisotopic (exact) mass is 507 g/mol. The molecular formula is C20H22F5N5O3S. The van der Waals surface area contributed by atoms with Crippen molar-refractivity contribution in [2.75, 3.05) is 6.26 Å². The van der Waals surface area contributed by atoms with Gasteiger partial charge in [0.15, 0.2) is 5.03 Å². The molecule has 0 aliphatic heterocycles. The van der Waals surface area contributed by atoms with Gasteiger partial charge in [0.05, 0.1) is 20.8 Å². The van der Waals surface area contributed by atoms with Crippen molar-refractivity contribution in [1.82, 2.24) is 14.5 Å². The molecule has 1 amide bonds. The molecule has 2 aliphatic rings. The molecule has 2 heterocycles. The van der Waals surface area contributed by atoms with Crippen LogP contribution in [0.5, 0.6) is 0 Å². The maximum atomic E-state index is 14.1. The van der Waals surface area contributed by atoms with Crippen molar-refractivity contribution in [1.29, 1.82) is 4.78 Å². The first-order chi connectivity index (χ1) is 15.5. The zero-order valence-electron chi connectivity index (χ0n) is 18.2. The van der Waals surface area contributed by atoms with Gasteiger partial charge >= 0.3 is 6.18 Å². The predicted octanol–water partition coefficient (Wildman–Crippen LogP) is 4.03. The fourth-order valence-corrected chi connectivity index (χ4v) is 5.16. The van der Waals surface area contributed by atoms with Crippen LogP contribution in [0.2, 0.25) is 0 Å². The fourth-order valence-electron chi connectivity index (χ4n) is 4.40. The van der Waals surface area contributed by atoms with E-state index in [0.29, 0.717) is 17.6 Å². The van der Waals surface area contributed by atoms with E-state index >= 15 is 0 Å². The molecule has 4 rings (SSSR count). The highest BCUT2D eigenvalue weighted by Gasteiger charge is 2.55. The number of aromatic nitrogens is 3. The van der Waals surface area contributed by atoms with Crippen molar-refractivity contribution in [3.05, 3.63) is 40.6 Å². The van der Waals surface area contributed by atoms with E-state index in [2.05, 4.69) is 10.1 Å². The summed E-state index contributed by atoms with van der Waals surface area (Å²) in [4.78, 5) is 16.8. The van der Waals surface area contributed by atoms with E-state index in [9.17, 15) is 36.2 Å². The Morgan fingerprint density at radius 2 is 1.97 bits per heavy atom. The Labute approximate surface area is 191 Å². The zero-order valence-corrected chi connectivity index (χ0v) is 19.0. The normalized spacial score (nSPS) is 21.7. The molecule has 2 aromatic rings. The molecule has 0 spiro atoms. The predicted molar refractivity (Wildman–Crippen MR) is 108 cm³/mol. The summed E-state index contributed by atoms with van der Waals surface area (Å²) in [5.41, 5.74) is -3.43. The number of nitrogens with zero attached hydrogens (tertiary/aromatic N) is 4. The number of carbonyl (C=O) groups excluding carboxylic acids is 1. The highest BCUT2D eigenvalue weighted by molar-refractivity contribution is 7.91. The van der Waals surface area contributed by atoms with Crippen LogP contribution in [0.3, 0.4) is 0 Å². The number of hydrogen-bond acceptors (Lipinski definition) is 5. The maximum absolute atomic E-state index is 14.1. The van der Waals surface area contributed by atoms with E-state index in [1.54, 1.807) is 0 Å². The van der Waals surface area contributed by atoms with Crippen LogP contribution < -0.4 is 5.36 Å². The Kier molecular flexibility index (Phi) is 5.46. The summed E-state index contributed by atoms with van der Waals surface area (Å²) in [5, 5.41) is 13.2. The van der Waals surface area contributed by atoms with Gasteiger partial charge in [-0.3, -0.25) is 9.48 Å². The van der Waals surface area contributed by atoms with E-state index in [4.69, 9.17) is 4.78 Å². The molecule has 0 aromatic carbocycles. The van der Waals surface area contributed by atoms with Gasteiger partial charge in [0, 0.05) is 43.8 Å². The topological polar surface area (TPSA) is 113 Å². The Bertz CT molecular complexity index is 1330. The third-order valence-electron chi connectivity index (χ3n) is 5.85. The van der Waals surface area contributed by atoms with Crippen LogP contribution in [0.1, 0.15) is 60.3 Å². The van der Waals surface area contributed by atoms with Crippen molar-refractivity contribution in [2.45, 2.75) is 62.2 Å². The quantitative estimate of drug-likeness (QED) is 0.470. The number of carbonyl (C=O) groups is 1. The molecule has 2 aliphatic carbocycles. The zero-order chi connectivity index (χ0) is 25.3. The van der Waals surface area contributed by atoms with Gasteiger partial charge < -0.3 is 5.21 Å². The smallest absolute Gasteiger partial charge is 0.420 e. The molecule has 186 valence electrons. The number of amides is 1. The lowest BCUT2D eigenvalue weighted by Gasteiger charge is -2.44. The van der Waals surface area contributed by atoms with Crippen LogP contribution in [0.25, 0.3) is 0 Å². The van der Waals surface area contributed by atoms with Crippen molar-refractivity contribution in [3.63, 3.8) is 0 Å². The van der Waals surface area contributed by atoms with Crippen molar-refractivity contribution >= 4 is 15.6 Å². The van der Waals surface area contributed by atoms with Crippen molar-refractivity contribution in [3.8, 4) is 0 Å². The molecular weight excluding hydrogens is 485 g/mol. The molecule has 34 heavy (non-hydrogen) atoms. The van der Waals surface area contributed by atoms with E-state index in [-0.39, 0.29) is 17.6 Å². The van der Waals surface area contributed by atoms with E-state index in [1.165, 1.54) is 6.92 Å². The van der Waals surface area contributed by atoms with Gasteiger partial charge in [-0.05, 0) is 24.3 Å². The van der Waals surface area contributed by atoms with E-state index in [0.717, 1.165) is 29.3 Å². The minimum atomic E-state index is -4.93. The molecule has 2 N–H and O–H groups in total. The second-order valence-corrected chi connectivity index (χ2v) is 11.5.